The number of hydrogen-bond donors (Lipinski definition) is 2. The quantitative estimate of drug-likeness (QED) is 0.662. The van der Waals surface area contributed by atoms with Crippen molar-refractivity contribution < 1.29 is 13.2 Å². The average Bonchev–Trinajstić information content (AvgIpc) is 2.36. The predicted molar refractivity (Wildman–Crippen MR) is 68.6 cm³/mol. The molecule has 2 aromatic rings. The van der Waals surface area contributed by atoms with Crippen LogP contribution in [0.15, 0.2) is 24.3 Å². The molecule has 1 aromatic heterocycles. The molecule has 0 radical (unpaired) electrons. The Hall–Kier alpha value is -1.82. The maximum absolute atomic E-state index is 12.9. The summed E-state index contributed by atoms with van der Waals surface area (Å²) in [5.41, 5.74) is 2.36. The first-order valence-corrected chi connectivity index (χ1v) is 5.93. The van der Waals surface area contributed by atoms with Gasteiger partial charge in [0.1, 0.15) is 5.82 Å². The van der Waals surface area contributed by atoms with Crippen molar-refractivity contribution in [1.29, 1.82) is 0 Å². The zero-order valence-electron chi connectivity index (χ0n) is 10.4. The zero-order valence-corrected chi connectivity index (χ0v) is 10.4. The maximum Gasteiger partial charge on any atom is 0.418 e. The number of anilines is 1. The average molecular weight is 269 g/mol. The summed E-state index contributed by atoms with van der Waals surface area (Å²) >= 11 is 0. The number of nitrogens with two attached hydrogens (primary N) is 1. The highest BCUT2D eigenvalue weighted by molar-refractivity contribution is 5.85. The van der Waals surface area contributed by atoms with Crippen molar-refractivity contribution in [2.24, 2.45) is 5.84 Å². The minimum Gasteiger partial charge on any atom is -0.308 e. The summed E-state index contributed by atoms with van der Waals surface area (Å²) < 4.78 is 38.7. The fourth-order valence-corrected chi connectivity index (χ4v) is 2.06. The lowest BCUT2D eigenvalue weighted by Gasteiger charge is -2.13. The van der Waals surface area contributed by atoms with Gasteiger partial charge in [-0.3, -0.25) is 0 Å². The summed E-state index contributed by atoms with van der Waals surface area (Å²) in [7, 11) is 0. The Balaban J connectivity index is 2.70. The zero-order chi connectivity index (χ0) is 14.0. The number of benzene rings is 1. The van der Waals surface area contributed by atoms with Gasteiger partial charge in [0.25, 0.3) is 0 Å². The van der Waals surface area contributed by atoms with Gasteiger partial charge in [-0.1, -0.05) is 25.5 Å². The smallest absolute Gasteiger partial charge is 0.308 e. The molecule has 6 heteroatoms. The summed E-state index contributed by atoms with van der Waals surface area (Å²) in [5.74, 6) is 5.63. The van der Waals surface area contributed by atoms with Gasteiger partial charge in [0.2, 0.25) is 0 Å². The van der Waals surface area contributed by atoms with Crippen molar-refractivity contribution in [3.63, 3.8) is 0 Å². The molecule has 0 saturated heterocycles. The van der Waals surface area contributed by atoms with Crippen LogP contribution in [0.4, 0.5) is 19.0 Å². The lowest BCUT2D eigenvalue weighted by molar-refractivity contribution is -0.136. The number of fused-ring (bicyclic) bond motifs is 1. The van der Waals surface area contributed by atoms with Crippen LogP contribution in [0, 0.1) is 0 Å². The van der Waals surface area contributed by atoms with Crippen LogP contribution in [0.2, 0.25) is 0 Å². The van der Waals surface area contributed by atoms with Gasteiger partial charge >= 0.3 is 6.18 Å². The molecular formula is C13H14F3N3. The molecular weight excluding hydrogens is 255 g/mol. The van der Waals surface area contributed by atoms with Crippen LogP contribution in [0.5, 0.6) is 0 Å². The van der Waals surface area contributed by atoms with Crippen molar-refractivity contribution in [2.45, 2.75) is 25.9 Å². The second-order valence-electron chi connectivity index (χ2n) is 4.27. The molecule has 0 spiro atoms. The molecule has 1 heterocycles. The third-order valence-electron chi connectivity index (χ3n) is 2.89. The van der Waals surface area contributed by atoms with E-state index in [1.54, 1.807) is 12.1 Å². The number of hydrazine groups is 1. The van der Waals surface area contributed by atoms with E-state index >= 15 is 0 Å². The Morgan fingerprint density at radius 2 is 2.05 bits per heavy atom. The molecule has 0 atom stereocenters. The number of rotatable bonds is 3. The number of aryl methyl sites for hydroxylation is 1. The number of alkyl halides is 3. The van der Waals surface area contributed by atoms with Crippen LogP contribution in [-0.4, -0.2) is 4.98 Å². The molecule has 3 nitrogen and oxygen atoms in total. The summed E-state index contributed by atoms with van der Waals surface area (Å²) in [6.45, 7) is 1.98. The van der Waals surface area contributed by atoms with E-state index in [9.17, 15) is 13.2 Å². The standard InChI is InChI=1S/C13H14F3N3/c1-2-4-9-7-8-5-3-6-10(13(14,15)16)11(8)18-12(9)19-17/h3,5-7H,2,4,17H2,1H3,(H,18,19). The first-order valence-electron chi connectivity index (χ1n) is 5.93. The number of nitrogens with one attached hydrogen (secondary N) is 1. The van der Waals surface area contributed by atoms with Crippen LogP contribution in [0.1, 0.15) is 24.5 Å². The maximum atomic E-state index is 12.9. The number of nitrogen functional groups attached to an aromatic ring is 1. The molecule has 2 rings (SSSR count). The molecule has 1 aromatic carbocycles. The molecule has 0 bridgehead atoms. The number of aromatic nitrogens is 1. The Morgan fingerprint density at radius 1 is 1.32 bits per heavy atom. The fourth-order valence-electron chi connectivity index (χ4n) is 2.06. The van der Waals surface area contributed by atoms with Gasteiger partial charge in [-0.15, -0.1) is 0 Å². The van der Waals surface area contributed by atoms with E-state index in [1.807, 2.05) is 6.92 Å². The highest BCUT2D eigenvalue weighted by atomic mass is 19.4. The van der Waals surface area contributed by atoms with Crippen molar-refractivity contribution in [2.75, 3.05) is 5.43 Å². The topological polar surface area (TPSA) is 50.9 Å². The normalized spacial score (nSPS) is 11.8. The third-order valence-corrected chi connectivity index (χ3v) is 2.89. The number of halogens is 3. The van der Waals surface area contributed by atoms with Crippen molar-refractivity contribution in [1.82, 2.24) is 4.98 Å². The van der Waals surface area contributed by atoms with Gasteiger partial charge in [-0.25, -0.2) is 10.8 Å². The van der Waals surface area contributed by atoms with E-state index in [0.717, 1.165) is 18.1 Å². The van der Waals surface area contributed by atoms with Gasteiger partial charge in [0, 0.05) is 5.39 Å². The Labute approximate surface area is 108 Å². The van der Waals surface area contributed by atoms with Crippen LogP contribution in [-0.2, 0) is 12.6 Å². The van der Waals surface area contributed by atoms with E-state index < -0.39 is 11.7 Å². The van der Waals surface area contributed by atoms with Crippen LogP contribution < -0.4 is 11.3 Å². The van der Waals surface area contributed by atoms with Crippen molar-refractivity contribution in [3.8, 4) is 0 Å². The number of nitrogens with zero attached hydrogens (tertiary/aromatic N) is 1. The first-order chi connectivity index (χ1) is 8.97. The van der Waals surface area contributed by atoms with Crippen LogP contribution >= 0.6 is 0 Å². The van der Waals surface area contributed by atoms with E-state index in [4.69, 9.17) is 5.84 Å². The highest BCUT2D eigenvalue weighted by Crippen LogP contribution is 2.35. The molecule has 0 unspecified atom stereocenters. The highest BCUT2D eigenvalue weighted by Gasteiger charge is 2.33. The molecule has 0 aliphatic rings. The van der Waals surface area contributed by atoms with Crippen molar-refractivity contribution in [3.05, 3.63) is 35.4 Å². The molecule has 0 fully saturated rings. The largest absolute Gasteiger partial charge is 0.418 e. The van der Waals surface area contributed by atoms with Crippen LogP contribution in [0.3, 0.4) is 0 Å². The minimum absolute atomic E-state index is 0.0807. The Kier molecular flexibility index (Phi) is 3.61. The van der Waals surface area contributed by atoms with E-state index in [-0.39, 0.29) is 5.52 Å². The third kappa shape index (κ3) is 2.63. The van der Waals surface area contributed by atoms with E-state index in [1.165, 1.54) is 6.07 Å². The SMILES string of the molecule is CCCc1cc2cccc(C(F)(F)F)c2nc1NN. The molecule has 0 amide bonds. The monoisotopic (exact) mass is 269 g/mol. The molecule has 3 N–H and O–H groups in total. The van der Waals surface area contributed by atoms with Gasteiger partial charge in [-0.05, 0) is 24.1 Å². The van der Waals surface area contributed by atoms with E-state index in [2.05, 4.69) is 10.4 Å². The molecule has 0 aliphatic heterocycles. The fraction of sp³-hybridized carbons (Fsp3) is 0.308. The first kappa shape index (κ1) is 13.6. The molecule has 102 valence electrons. The summed E-state index contributed by atoms with van der Waals surface area (Å²) in [4.78, 5) is 4.02. The van der Waals surface area contributed by atoms with E-state index in [0.29, 0.717) is 17.6 Å². The summed E-state index contributed by atoms with van der Waals surface area (Å²) in [6.07, 6.45) is -2.86. The second-order valence-corrected chi connectivity index (χ2v) is 4.27. The van der Waals surface area contributed by atoms with Gasteiger partial charge in [0.05, 0.1) is 11.1 Å². The predicted octanol–water partition coefficient (Wildman–Crippen LogP) is 3.49. The number of pyridine rings is 1. The van der Waals surface area contributed by atoms with Crippen molar-refractivity contribution >= 4 is 16.7 Å². The molecule has 0 saturated carbocycles. The lowest BCUT2D eigenvalue weighted by Crippen LogP contribution is -2.13. The van der Waals surface area contributed by atoms with Crippen LogP contribution in [0.25, 0.3) is 10.9 Å². The molecule has 19 heavy (non-hydrogen) atoms. The van der Waals surface area contributed by atoms with Gasteiger partial charge < -0.3 is 5.43 Å². The lowest BCUT2D eigenvalue weighted by atomic mass is 10.0. The number of para-hydroxylation sites is 1. The summed E-state index contributed by atoms with van der Waals surface area (Å²) in [5, 5.41) is 0.470. The second kappa shape index (κ2) is 5.05. The van der Waals surface area contributed by atoms with Gasteiger partial charge in [-0.2, -0.15) is 13.2 Å². The summed E-state index contributed by atoms with van der Waals surface area (Å²) in [6, 6.07) is 5.74. The molecule has 0 aliphatic carbocycles. The van der Waals surface area contributed by atoms with Gasteiger partial charge in [0.15, 0.2) is 0 Å². The Morgan fingerprint density at radius 3 is 2.63 bits per heavy atom. The number of hydrogen-bond acceptors (Lipinski definition) is 3. The minimum atomic E-state index is -4.43. The Bertz CT molecular complexity index is 593.